The van der Waals surface area contributed by atoms with Gasteiger partial charge >= 0.3 is 0 Å². The van der Waals surface area contributed by atoms with Gasteiger partial charge in [0.05, 0.1) is 5.57 Å². The number of carbonyl (C=O) groups excluding carboxylic acids is 1. The zero-order chi connectivity index (χ0) is 23.0. The Morgan fingerprint density at radius 2 is 1.94 bits per heavy atom. The maximum atomic E-state index is 12.7. The van der Waals surface area contributed by atoms with Gasteiger partial charge in [0.2, 0.25) is 5.17 Å². The van der Waals surface area contributed by atoms with Crippen molar-refractivity contribution in [2.45, 2.75) is 47.0 Å². The molecule has 1 N–H and O–H groups in total. The van der Waals surface area contributed by atoms with Crippen LogP contribution in [-0.4, -0.2) is 36.6 Å². The van der Waals surface area contributed by atoms with Gasteiger partial charge < -0.3 is 4.57 Å². The van der Waals surface area contributed by atoms with E-state index in [4.69, 9.17) is 5.41 Å². The number of benzene rings is 1. The summed E-state index contributed by atoms with van der Waals surface area (Å²) in [4.78, 5) is 16.9. The molecule has 0 saturated carbocycles. The molecule has 2 aliphatic rings. The van der Waals surface area contributed by atoms with Crippen molar-refractivity contribution in [1.29, 1.82) is 5.41 Å². The molecule has 0 aliphatic carbocycles. The second-order valence-electron chi connectivity index (χ2n) is 7.88. The Morgan fingerprint density at radius 1 is 1.22 bits per heavy atom. The Labute approximate surface area is 197 Å². The van der Waals surface area contributed by atoms with Crippen molar-refractivity contribution in [2.24, 2.45) is 10.1 Å². The van der Waals surface area contributed by atoms with E-state index in [1.165, 1.54) is 22.3 Å². The van der Waals surface area contributed by atoms with E-state index in [2.05, 4.69) is 59.7 Å². The quantitative estimate of drug-likeness (QED) is 0.555. The predicted octanol–water partition coefficient (Wildman–Crippen LogP) is 5.94. The molecule has 1 amide bonds. The summed E-state index contributed by atoms with van der Waals surface area (Å²) in [5.74, 6) is 1.09. The number of hydrazone groups is 1. The minimum Gasteiger partial charge on any atom is -0.318 e. The first-order valence-corrected chi connectivity index (χ1v) is 12.6. The average molecular weight is 466 g/mol. The minimum atomic E-state index is -0.394. The van der Waals surface area contributed by atoms with Crippen molar-refractivity contribution in [3.05, 3.63) is 58.4 Å². The van der Waals surface area contributed by atoms with Gasteiger partial charge in [0.25, 0.3) is 5.91 Å². The van der Waals surface area contributed by atoms with Crippen LogP contribution in [0.2, 0.25) is 0 Å². The second-order valence-corrected chi connectivity index (χ2v) is 10.3. The van der Waals surface area contributed by atoms with E-state index in [0.717, 1.165) is 39.2 Å². The molecule has 0 unspecified atom stereocenters. The molecule has 0 saturated heterocycles. The Kier molecular flexibility index (Phi) is 6.44. The molecule has 0 fully saturated rings. The van der Waals surface area contributed by atoms with Gasteiger partial charge in [0.1, 0.15) is 0 Å². The Hall–Kier alpha value is -2.58. The number of amides is 1. The zero-order valence-corrected chi connectivity index (χ0v) is 20.6. The van der Waals surface area contributed by atoms with Crippen molar-refractivity contribution in [3.63, 3.8) is 0 Å². The fraction of sp³-hybridized carbons (Fsp3) is 0.333. The molecule has 1 atom stereocenters. The summed E-state index contributed by atoms with van der Waals surface area (Å²) in [6, 6.07) is 10.7. The highest BCUT2D eigenvalue weighted by Gasteiger charge is 2.35. The molecule has 3 heterocycles. The van der Waals surface area contributed by atoms with Crippen molar-refractivity contribution < 1.29 is 4.79 Å². The highest BCUT2D eigenvalue weighted by Crippen LogP contribution is 2.33. The number of carbonyl (C=O) groups is 1. The number of aryl methyl sites for hydroxylation is 1. The Bertz CT molecular complexity index is 1170. The first-order chi connectivity index (χ1) is 15.3. The number of fused-ring (bicyclic) bond motifs is 1. The van der Waals surface area contributed by atoms with E-state index in [1.54, 1.807) is 17.8 Å². The standard InChI is InChI=1S/C24H27N5OS2/c1-6-14(3)17-8-10-19(11-9-17)28-15(4)12-18(16(28)5)13-20-21(25)29-23(26-22(20)30)32-24(27-29)31-7-2/h8-14,25H,6-7H2,1-5H3/b20-13+,25-21?/t14-/m0/s1. The minimum absolute atomic E-state index is 0.0712. The van der Waals surface area contributed by atoms with E-state index >= 15 is 0 Å². The molecule has 1 aromatic carbocycles. The van der Waals surface area contributed by atoms with Crippen molar-refractivity contribution in [3.8, 4) is 5.69 Å². The van der Waals surface area contributed by atoms with Crippen LogP contribution in [0.5, 0.6) is 0 Å². The van der Waals surface area contributed by atoms with Crippen molar-refractivity contribution in [1.82, 2.24) is 9.58 Å². The fourth-order valence-electron chi connectivity index (χ4n) is 3.83. The topological polar surface area (TPSA) is 73.8 Å². The third-order valence-corrected chi connectivity index (χ3v) is 7.73. The lowest BCUT2D eigenvalue weighted by Gasteiger charge is -2.20. The summed E-state index contributed by atoms with van der Waals surface area (Å²) in [5.41, 5.74) is 5.67. The summed E-state index contributed by atoms with van der Waals surface area (Å²) in [6.45, 7) is 10.6. The Morgan fingerprint density at radius 3 is 2.59 bits per heavy atom. The first-order valence-electron chi connectivity index (χ1n) is 10.8. The molecule has 0 spiro atoms. The highest BCUT2D eigenvalue weighted by molar-refractivity contribution is 8.45. The van der Waals surface area contributed by atoms with Crippen molar-refractivity contribution in [2.75, 3.05) is 5.75 Å². The maximum Gasteiger partial charge on any atom is 0.283 e. The molecule has 8 heteroatoms. The molecule has 6 nitrogen and oxygen atoms in total. The smallest absolute Gasteiger partial charge is 0.283 e. The van der Waals surface area contributed by atoms with Crippen LogP contribution in [-0.2, 0) is 4.79 Å². The van der Waals surface area contributed by atoms with E-state index in [1.807, 2.05) is 19.9 Å². The summed E-state index contributed by atoms with van der Waals surface area (Å²) in [6.07, 6.45) is 2.88. The lowest BCUT2D eigenvalue weighted by Crippen LogP contribution is -2.35. The third-order valence-electron chi connectivity index (χ3n) is 5.81. The number of hydrogen-bond donors (Lipinski definition) is 1. The molecular weight excluding hydrogens is 438 g/mol. The van der Waals surface area contributed by atoms with E-state index in [9.17, 15) is 4.79 Å². The van der Waals surface area contributed by atoms with Gasteiger partial charge in [-0.3, -0.25) is 10.2 Å². The molecular formula is C24H27N5OS2. The molecule has 166 valence electrons. The van der Waals surface area contributed by atoms with Gasteiger partial charge in [-0.15, -0.1) is 5.10 Å². The monoisotopic (exact) mass is 465 g/mol. The van der Waals surface area contributed by atoms with Gasteiger partial charge in [-0.2, -0.15) is 10.0 Å². The number of nitrogens with zero attached hydrogens (tertiary/aromatic N) is 4. The number of thioether (sulfide) groups is 2. The lowest BCUT2D eigenvalue weighted by molar-refractivity contribution is -0.114. The molecule has 2 aromatic rings. The van der Waals surface area contributed by atoms with E-state index in [0.29, 0.717) is 11.1 Å². The van der Waals surface area contributed by atoms with Crippen LogP contribution in [0.15, 0.2) is 46.0 Å². The predicted molar refractivity (Wildman–Crippen MR) is 137 cm³/mol. The van der Waals surface area contributed by atoms with Crippen LogP contribution in [0.4, 0.5) is 0 Å². The largest absolute Gasteiger partial charge is 0.318 e. The zero-order valence-electron chi connectivity index (χ0n) is 19.0. The average Bonchev–Trinajstić information content (AvgIpc) is 3.30. The second kappa shape index (κ2) is 9.11. The number of aliphatic imine (C=N–C) groups is 1. The van der Waals surface area contributed by atoms with Crippen LogP contribution >= 0.6 is 23.5 Å². The molecule has 1 aromatic heterocycles. The van der Waals surface area contributed by atoms with Crippen LogP contribution in [0.3, 0.4) is 0 Å². The van der Waals surface area contributed by atoms with Gasteiger partial charge in [0, 0.05) is 17.1 Å². The molecule has 32 heavy (non-hydrogen) atoms. The fourth-order valence-corrected chi connectivity index (χ4v) is 5.66. The number of rotatable bonds is 5. The summed E-state index contributed by atoms with van der Waals surface area (Å²) < 4.78 is 2.99. The van der Waals surface area contributed by atoms with Crippen LogP contribution in [0, 0.1) is 19.3 Å². The van der Waals surface area contributed by atoms with Crippen LogP contribution in [0.25, 0.3) is 11.8 Å². The first kappa shape index (κ1) is 22.6. The van der Waals surface area contributed by atoms with Crippen LogP contribution < -0.4 is 0 Å². The SMILES string of the molecule is CCSC1=NN2C(=N)/C(=C\c3cc(C)n(-c4ccc([C@@H](C)CC)cc4)c3C)C(=O)N=C2S1. The third kappa shape index (κ3) is 4.09. The van der Waals surface area contributed by atoms with Gasteiger partial charge in [-0.25, -0.2) is 0 Å². The number of nitrogens with one attached hydrogen (secondary N) is 1. The van der Waals surface area contributed by atoms with Gasteiger partial charge in [0.15, 0.2) is 10.2 Å². The number of amidine groups is 2. The van der Waals surface area contributed by atoms with Gasteiger partial charge in [-0.05, 0) is 79.1 Å². The number of aromatic nitrogens is 1. The summed E-state index contributed by atoms with van der Waals surface area (Å²) >= 11 is 2.92. The molecule has 4 rings (SSSR count). The van der Waals surface area contributed by atoms with Crippen molar-refractivity contribution >= 4 is 50.9 Å². The van der Waals surface area contributed by atoms with E-state index < -0.39 is 5.91 Å². The lowest BCUT2D eigenvalue weighted by atomic mass is 9.98. The molecule has 0 radical (unpaired) electrons. The van der Waals surface area contributed by atoms with E-state index in [-0.39, 0.29) is 11.4 Å². The molecule has 2 aliphatic heterocycles. The van der Waals surface area contributed by atoms with Gasteiger partial charge in [-0.1, -0.05) is 44.7 Å². The highest BCUT2D eigenvalue weighted by atomic mass is 32.2. The summed E-state index contributed by atoms with van der Waals surface area (Å²) in [7, 11) is 0. The van der Waals surface area contributed by atoms with Crippen LogP contribution in [0.1, 0.15) is 55.6 Å². The summed E-state index contributed by atoms with van der Waals surface area (Å²) in [5, 5.41) is 14.9. The normalized spacial score (nSPS) is 18.2. The Balaban J connectivity index is 1.67. The molecule has 0 bridgehead atoms. The maximum absolute atomic E-state index is 12.7. The number of hydrogen-bond acceptors (Lipinski definition) is 5.